The third kappa shape index (κ3) is 2.14. The summed E-state index contributed by atoms with van der Waals surface area (Å²) in [6, 6.07) is 4.86. The van der Waals surface area contributed by atoms with Gasteiger partial charge < -0.3 is 14.0 Å². The van der Waals surface area contributed by atoms with E-state index < -0.39 is 5.97 Å². The molecule has 5 heteroatoms. The van der Waals surface area contributed by atoms with Crippen molar-refractivity contribution in [2.24, 2.45) is 0 Å². The second kappa shape index (κ2) is 3.83. The predicted molar refractivity (Wildman–Crippen MR) is 51.1 cm³/mol. The summed E-state index contributed by atoms with van der Waals surface area (Å²) in [5, 5.41) is 11.9. The van der Waals surface area contributed by atoms with Crippen molar-refractivity contribution in [3.63, 3.8) is 0 Å². The number of hydrogen-bond acceptors (Lipinski definition) is 4. The highest BCUT2D eigenvalue weighted by Crippen LogP contribution is 2.09. The Morgan fingerprint density at radius 1 is 1.40 bits per heavy atom. The van der Waals surface area contributed by atoms with Gasteiger partial charge in [0.1, 0.15) is 5.76 Å². The van der Waals surface area contributed by atoms with Crippen LogP contribution in [0.4, 0.5) is 0 Å². The van der Waals surface area contributed by atoms with Gasteiger partial charge in [-0.15, -0.1) is 0 Å². The molecular weight excluding hydrogens is 198 g/mol. The molecule has 0 aliphatic carbocycles. The van der Waals surface area contributed by atoms with E-state index in [9.17, 15) is 4.79 Å². The van der Waals surface area contributed by atoms with Crippen LogP contribution in [0.3, 0.4) is 0 Å². The Hall–Kier alpha value is -2.30. The van der Waals surface area contributed by atoms with Crippen LogP contribution in [0, 0.1) is 0 Å². The molecule has 2 aromatic heterocycles. The van der Waals surface area contributed by atoms with Gasteiger partial charge in [0.2, 0.25) is 0 Å². The van der Waals surface area contributed by atoms with Crippen LogP contribution in [0.1, 0.15) is 22.0 Å². The number of rotatable bonds is 3. The van der Waals surface area contributed by atoms with E-state index in [2.05, 4.69) is 5.16 Å². The van der Waals surface area contributed by atoms with E-state index in [0.29, 0.717) is 11.5 Å². The van der Waals surface area contributed by atoms with Gasteiger partial charge in [0.15, 0.2) is 11.5 Å². The molecule has 0 amide bonds. The summed E-state index contributed by atoms with van der Waals surface area (Å²) in [4.78, 5) is 10.5. The highest BCUT2D eigenvalue weighted by atomic mass is 16.5. The SMILES string of the molecule is O=C(O)c1cc(/C=C/c2ccco2)on1. The topological polar surface area (TPSA) is 76.5 Å². The van der Waals surface area contributed by atoms with Crippen LogP contribution in [-0.2, 0) is 0 Å². The maximum absolute atomic E-state index is 10.5. The quantitative estimate of drug-likeness (QED) is 0.830. The molecule has 0 atom stereocenters. The van der Waals surface area contributed by atoms with Crippen molar-refractivity contribution >= 4 is 18.1 Å². The van der Waals surface area contributed by atoms with Gasteiger partial charge in [-0.2, -0.15) is 0 Å². The highest BCUT2D eigenvalue weighted by Gasteiger charge is 2.08. The smallest absolute Gasteiger partial charge is 0.358 e. The van der Waals surface area contributed by atoms with Gasteiger partial charge in [0.05, 0.1) is 6.26 Å². The Morgan fingerprint density at radius 3 is 2.80 bits per heavy atom. The largest absolute Gasteiger partial charge is 0.476 e. The molecule has 1 N–H and O–H groups in total. The fourth-order valence-electron chi connectivity index (χ4n) is 1.02. The molecule has 0 bridgehead atoms. The molecule has 76 valence electrons. The number of furan rings is 1. The molecule has 0 unspecified atom stereocenters. The fourth-order valence-corrected chi connectivity index (χ4v) is 1.02. The van der Waals surface area contributed by atoms with Crippen molar-refractivity contribution in [2.75, 3.05) is 0 Å². The van der Waals surface area contributed by atoms with Gasteiger partial charge in [-0.3, -0.25) is 0 Å². The van der Waals surface area contributed by atoms with Crippen molar-refractivity contribution in [1.29, 1.82) is 0 Å². The minimum atomic E-state index is -1.11. The average Bonchev–Trinajstić information content (AvgIpc) is 2.86. The lowest BCUT2D eigenvalue weighted by atomic mass is 10.3. The van der Waals surface area contributed by atoms with Crippen molar-refractivity contribution in [3.05, 3.63) is 41.7 Å². The van der Waals surface area contributed by atoms with Crippen molar-refractivity contribution in [1.82, 2.24) is 5.16 Å². The monoisotopic (exact) mass is 205 g/mol. The van der Waals surface area contributed by atoms with Crippen molar-refractivity contribution < 1.29 is 18.8 Å². The van der Waals surface area contributed by atoms with Gasteiger partial charge in [-0.1, -0.05) is 5.16 Å². The Labute approximate surface area is 84.6 Å². The summed E-state index contributed by atoms with van der Waals surface area (Å²) in [6.45, 7) is 0. The Morgan fingerprint density at radius 2 is 2.20 bits per heavy atom. The lowest BCUT2D eigenvalue weighted by molar-refractivity contribution is 0.0685. The minimum absolute atomic E-state index is 0.117. The number of aromatic nitrogens is 1. The minimum Gasteiger partial charge on any atom is -0.476 e. The summed E-state index contributed by atoms with van der Waals surface area (Å²) < 4.78 is 9.81. The molecule has 2 heterocycles. The van der Waals surface area contributed by atoms with Crippen LogP contribution in [-0.4, -0.2) is 16.2 Å². The molecule has 0 saturated carbocycles. The van der Waals surface area contributed by atoms with Crippen LogP contribution < -0.4 is 0 Å². The summed E-state index contributed by atoms with van der Waals surface area (Å²) in [7, 11) is 0. The zero-order valence-electron chi connectivity index (χ0n) is 7.58. The van der Waals surface area contributed by atoms with Crippen LogP contribution in [0.5, 0.6) is 0 Å². The number of carbonyl (C=O) groups is 1. The van der Waals surface area contributed by atoms with E-state index in [1.165, 1.54) is 6.07 Å². The number of aromatic carboxylic acids is 1. The van der Waals surface area contributed by atoms with E-state index in [1.807, 2.05) is 0 Å². The molecule has 0 radical (unpaired) electrons. The second-order valence-corrected chi connectivity index (χ2v) is 2.77. The second-order valence-electron chi connectivity index (χ2n) is 2.77. The first kappa shape index (κ1) is 9.26. The number of nitrogens with zero attached hydrogens (tertiary/aromatic N) is 1. The number of hydrogen-bond donors (Lipinski definition) is 1. The first-order chi connectivity index (χ1) is 7.25. The number of carboxylic acid groups (broad SMARTS) is 1. The van der Waals surface area contributed by atoms with E-state index in [0.717, 1.165) is 0 Å². The van der Waals surface area contributed by atoms with Crippen molar-refractivity contribution in [2.45, 2.75) is 0 Å². The molecule has 0 aromatic carbocycles. The van der Waals surface area contributed by atoms with Crippen LogP contribution >= 0.6 is 0 Å². The van der Waals surface area contributed by atoms with Gasteiger partial charge in [-0.25, -0.2) is 4.79 Å². The summed E-state index contributed by atoms with van der Waals surface area (Å²) >= 11 is 0. The number of carboxylic acids is 1. The molecular formula is C10H7NO4. The third-order valence-corrected chi connectivity index (χ3v) is 1.70. The van der Waals surface area contributed by atoms with Gasteiger partial charge in [0.25, 0.3) is 0 Å². The van der Waals surface area contributed by atoms with Crippen LogP contribution in [0.25, 0.3) is 12.2 Å². The molecule has 2 aromatic rings. The summed E-state index contributed by atoms with van der Waals surface area (Å²) in [5.41, 5.74) is -0.117. The third-order valence-electron chi connectivity index (χ3n) is 1.70. The highest BCUT2D eigenvalue weighted by molar-refractivity contribution is 5.85. The van der Waals surface area contributed by atoms with E-state index in [4.69, 9.17) is 14.0 Å². The maximum Gasteiger partial charge on any atom is 0.358 e. The van der Waals surface area contributed by atoms with Crippen LogP contribution in [0.2, 0.25) is 0 Å². The Bertz CT molecular complexity index is 481. The zero-order chi connectivity index (χ0) is 10.7. The lowest BCUT2D eigenvalue weighted by Crippen LogP contribution is -1.94. The normalized spacial score (nSPS) is 10.9. The molecule has 0 aliphatic rings. The predicted octanol–water partition coefficient (Wildman–Crippen LogP) is 2.14. The molecule has 0 saturated heterocycles. The van der Waals surface area contributed by atoms with E-state index in [1.54, 1.807) is 30.5 Å². The maximum atomic E-state index is 10.5. The molecule has 0 aliphatic heterocycles. The fraction of sp³-hybridized carbons (Fsp3) is 0. The Kier molecular flexibility index (Phi) is 2.37. The van der Waals surface area contributed by atoms with Gasteiger partial charge in [-0.05, 0) is 24.3 Å². The Balaban J connectivity index is 2.14. The van der Waals surface area contributed by atoms with E-state index in [-0.39, 0.29) is 5.69 Å². The van der Waals surface area contributed by atoms with Gasteiger partial charge >= 0.3 is 5.97 Å². The molecule has 15 heavy (non-hydrogen) atoms. The first-order valence-corrected chi connectivity index (χ1v) is 4.17. The zero-order valence-corrected chi connectivity index (χ0v) is 7.58. The average molecular weight is 205 g/mol. The van der Waals surface area contributed by atoms with Crippen LogP contribution in [0.15, 0.2) is 33.4 Å². The van der Waals surface area contributed by atoms with Gasteiger partial charge in [0, 0.05) is 6.07 Å². The molecule has 0 fully saturated rings. The molecule has 0 spiro atoms. The standard InChI is InChI=1S/C10H7NO4/c12-10(13)9-6-8(15-11-9)4-3-7-2-1-5-14-7/h1-6H,(H,12,13)/b4-3+. The van der Waals surface area contributed by atoms with E-state index >= 15 is 0 Å². The summed E-state index contributed by atoms with van der Waals surface area (Å²) in [5.74, 6) is -0.0940. The molecule has 5 nitrogen and oxygen atoms in total. The summed E-state index contributed by atoms with van der Waals surface area (Å²) in [6.07, 6.45) is 4.78. The molecule has 2 rings (SSSR count). The van der Waals surface area contributed by atoms with Crippen molar-refractivity contribution in [3.8, 4) is 0 Å². The first-order valence-electron chi connectivity index (χ1n) is 4.17. The lowest BCUT2D eigenvalue weighted by Gasteiger charge is -1.81.